The lowest BCUT2D eigenvalue weighted by Crippen LogP contribution is -2.31. The smallest absolute Gasteiger partial charge is 0.00928 e. The van der Waals surface area contributed by atoms with Gasteiger partial charge in [-0.3, -0.25) is 0 Å². The van der Waals surface area contributed by atoms with E-state index in [0.717, 1.165) is 18.5 Å². The molecule has 1 nitrogen and oxygen atoms in total. The molecule has 1 N–H and O–H groups in total. The average molecular weight is 209 g/mol. The van der Waals surface area contributed by atoms with Crippen LogP contribution in [0.15, 0.2) is 17.5 Å². The Morgan fingerprint density at radius 3 is 3.00 bits per heavy atom. The summed E-state index contributed by atoms with van der Waals surface area (Å²) in [6.07, 6.45) is 5.38. The van der Waals surface area contributed by atoms with Crippen LogP contribution in [0, 0.1) is 5.92 Å². The van der Waals surface area contributed by atoms with E-state index in [0.29, 0.717) is 0 Å². The highest BCUT2D eigenvalue weighted by Gasteiger charge is 2.29. The Bertz CT molecular complexity index is 251. The molecule has 1 aliphatic rings. The standard InChI is InChI=1S/C12H19NS/c1-2-12(10-5-6-10)13-8-7-11-4-3-9-14-11/h3-4,9-10,12-13H,2,5-8H2,1H3. The molecule has 1 saturated carbocycles. The quantitative estimate of drug-likeness (QED) is 0.759. The van der Waals surface area contributed by atoms with Crippen molar-refractivity contribution in [2.24, 2.45) is 5.92 Å². The SMILES string of the molecule is CCC(NCCc1cccs1)C1CC1. The summed E-state index contributed by atoms with van der Waals surface area (Å²) < 4.78 is 0. The Morgan fingerprint density at radius 2 is 2.43 bits per heavy atom. The van der Waals surface area contributed by atoms with E-state index in [4.69, 9.17) is 0 Å². The van der Waals surface area contributed by atoms with E-state index in [-0.39, 0.29) is 0 Å². The molecule has 0 aromatic carbocycles. The van der Waals surface area contributed by atoms with Gasteiger partial charge in [0.1, 0.15) is 0 Å². The van der Waals surface area contributed by atoms with Crippen LogP contribution in [-0.2, 0) is 6.42 Å². The van der Waals surface area contributed by atoms with Gasteiger partial charge >= 0.3 is 0 Å². The second-order valence-electron chi connectivity index (χ2n) is 4.14. The van der Waals surface area contributed by atoms with Crippen molar-refractivity contribution >= 4 is 11.3 Å². The molecule has 2 heteroatoms. The van der Waals surface area contributed by atoms with Gasteiger partial charge in [-0.1, -0.05) is 13.0 Å². The minimum absolute atomic E-state index is 0.787. The number of rotatable bonds is 6. The largest absolute Gasteiger partial charge is 0.313 e. The van der Waals surface area contributed by atoms with Crippen molar-refractivity contribution in [2.45, 2.75) is 38.6 Å². The number of hydrogen-bond donors (Lipinski definition) is 1. The summed E-state index contributed by atoms with van der Waals surface area (Å²) in [6, 6.07) is 5.15. The molecule has 0 radical (unpaired) electrons. The van der Waals surface area contributed by atoms with Crippen molar-refractivity contribution in [1.82, 2.24) is 5.32 Å². The van der Waals surface area contributed by atoms with Crippen molar-refractivity contribution in [3.05, 3.63) is 22.4 Å². The van der Waals surface area contributed by atoms with E-state index < -0.39 is 0 Å². The highest BCUT2D eigenvalue weighted by atomic mass is 32.1. The zero-order valence-electron chi connectivity index (χ0n) is 8.83. The lowest BCUT2D eigenvalue weighted by atomic mass is 10.1. The Labute approximate surface area is 90.5 Å². The third-order valence-corrected chi connectivity index (χ3v) is 3.93. The molecule has 1 fully saturated rings. The van der Waals surface area contributed by atoms with Crippen molar-refractivity contribution in [2.75, 3.05) is 6.54 Å². The molecule has 1 heterocycles. The van der Waals surface area contributed by atoms with Crippen LogP contribution in [0.25, 0.3) is 0 Å². The van der Waals surface area contributed by atoms with E-state index in [1.807, 2.05) is 11.3 Å². The molecule has 1 unspecified atom stereocenters. The molecule has 1 aromatic rings. The van der Waals surface area contributed by atoms with Crippen molar-refractivity contribution in [3.8, 4) is 0 Å². The monoisotopic (exact) mass is 209 g/mol. The average Bonchev–Trinajstić information content (AvgIpc) is 2.91. The van der Waals surface area contributed by atoms with Crippen LogP contribution in [0.2, 0.25) is 0 Å². The van der Waals surface area contributed by atoms with E-state index in [9.17, 15) is 0 Å². The first-order valence-corrected chi connectivity index (χ1v) is 6.54. The van der Waals surface area contributed by atoms with Gasteiger partial charge in [-0.2, -0.15) is 0 Å². The maximum Gasteiger partial charge on any atom is 0.00928 e. The lowest BCUT2D eigenvalue weighted by Gasteiger charge is -2.15. The highest BCUT2D eigenvalue weighted by Crippen LogP contribution is 2.33. The summed E-state index contributed by atoms with van der Waals surface area (Å²) in [7, 11) is 0. The zero-order valence-corrected chi connectivity index (χ0v) is 9.65. The second-order valence-corrected chi connectivity index (χ2v) is 5.17. The van der Waals surface area contributed by atoms with E-state index in [1.165, 1.54) is 30.6 Å². The molecule has 0 aliphatic heterocycles. The van der Waals surface area contributed by atoms with Gasteiger partial charge in [0.25, 0.3) is 0 Å². The summed E-state index contributed by atoms with van der Waals surface area (Å²) >= 11 is 1.87. The third kappa shape index (κ3) is 2.82. The van der Waals surface area contributed by atoms with Gasteiger partial charge in [0.2, 0.25) is 0 Å². The molecule has 1 aromatic heterocycles. The Hall–Kier alpha value is -0.340. The van der Waals surface area contributed by atoms with Gasteiger partial charge in [0.15, 0.2) is 0 Å². The predicted octanol–water partition coefficient (Wildman–Crippen LogP) is 3.07. The predicted molar refractivity (Wildman–Crippen MR) is 62.8 cm³/mol. The molecule has 0 saturated heterocycles. The normalized spacial score (nSPS) is 18.4. The van der Waals surface area contributed by atoms with E-state index in [1.54, 1.807) is 0 Å². The first-order valence-electron chi connectivity index (χ1n) is 5.66. The molecule has 1 atom stereocenters. The second kappa shape index (κ2) is 4.94. The van der Waals surface area contributed by atoms with Crippen LogP contribution in [0.5, 0.6) is 0 Å². The lowest BCUT2D eigenvalue weighted by molar-refractivity contribution is 0.454. The molecule has 1 aliphatic carbocycles. The third-order valence-electron chi connectivity index (χ3n) is 2.99. The molecular formula is C12H19NS. The molecule has 14 heavy (non-hydrogen) atoms. The highest BCUT2D eigenvalue weighted by molar-refractivity contribution is 7.09. The van der Waals surface area contributed by atoms with Crippen LogP contribution in [0.4, 0.5) is 0 Å². The number of nitrogens with one attached hydrogen (secondary N) is 1. The fourth-order valence-corrected chi connectivity index (χ4v) is 2.69. The fraction of sp³-hybridized carbons (Fsp3) is 0.667. The van der Waals surface area contributed by atoms with Crippen LogP contribution >= 0.6 is 11.3 Å². The number of thiophene rings is 1. The van der Waals surface area contributed by atoms with Gasteiger partial charge in [0, 0.05) is 17.5 Å². The number of hydrogen-bond acceptors (Lipinski definition) is 2. The van der Waals surface area contributed by atoms with E-state index >= 15 is 0 Å². The maximum absolute atomic E-state index is 3.68. The summed E-state index contributed by atoms with van der Waals surface area (Å²) in [5.74, 6) is 0.989. The zero-order chi connectivity index (χ0) is 9.80. The summed E-state index contributed by atoms with van der Waals surface area (Å²) in [5, 5.41) is 5.84. The minimum atomic E-state index is 0.787. The van der Waals surface area contributed by atoms with Crippen molar-refractivity contribution in [3.63, 3.8) is 0 Å². The molecule has 78 valence electrons. The molecule has 0 spiro atoms. The summed E-state index contributed by atoms with van der Waals surface area (Å²) in [4.78, 5) is 1.50. The Balaban J connectivity index is 1.66. The molecule has 0 amide bonds. The van der Waals surface area contributed by atoms with Crippen LogP contribution in [-0.4, -0.2) is 12.6 Å². The van der Waals surface area contributed by atoms with Gasteiger partial charge in [-0.15, -0.1) is 11.3 Å². The van der Waals surface area contributed by atoms with Crippen LogP contribution < -0.4 is 5.32 Å². The molecule has 0 bridgehead atoms. The summed E-state index contributed by atoms with van der Waals surface area (Å²) in [6.45, 7) is 3.44. The Kier molecular flexibility index (Phi) is 3.60. The molecular weight excluding hydrogens is 190 g/mol. The minimum Gasteiger partial charge on any atom is -0.313 e. The van der Waals surface area contributed by atoms with E-state index in [2.05, 4.69) is 29.8 Å². The van der Waals surface area contributed by atoms with Crippen molar-refractivity contribution < 1.29 is 0 Å². The maximum atomic E-state index is 3.68. The molecule has 2 rings (SSSR count). The van der Waals surface area contributed by atoms with Gasteiger partial charge < -0.3 is 5.32 Å². The van der Waals surface area contributed by atoms with Gasteiger partial charge in [-0.25, -0.2) is 0 Å². The van der Waals surface area contributed by atoms with Gasteiger partial charge in [0.05, 0.1) is 0 Å². The Morgan fingerprint density at radius 1 is 1.57 bits per heavy atom. The van der Waals surface area contributed by atoms with Crippen LogP contribution in [0.3, 0.4) is 0 Å². The first-order chi connectivity index (χ1) is 6.90. The first kappa shape index (κ1) is 10.2. The fourth-order valence-electron chi connectivity index (χ4n) is 1.98. The topological polar surface area (TPSA) is 12.0 Å². The van der Waals surface area contributed by atoms with Gasteiger partial charge in [-0.05, 0) is 43.0 Å². The van der Waals surface area contributed by atoms with Crippen molar-refractivity contribution in [1.29, 1.82) is 0 Å². The summed E-state index contributed by atoms with van der Waals surface area (Å²) in [5.41, 5.74) is 0. The van der Waals surface area contributed by atoms with Crippen LogP contribution in [0.1, 0.15) is 31.1 Å².